The number of halogens is 1. The lowest BCUT2D eigenvalue weighted by atomic mass is 10.1. The molecule has 3 nitrogen and oxygen atoms in total. The summed E-state index contributed by atoms with van der Waals surface area (Å²) in [6.45, 7) is 0. The standard InChI is InChI=1S/C12H13BrN2O/c13-8-2-1-3-9(6-8)14-12(16)11-5-7-4-10(7)15-11/h1-3,6-7,10-11,15H,4-5H2,(H,14,16). The Hall–Kier alpha value is -0.870. The van der Waals surface area contributed by atoms with E-state index < -0.39 is 0 Å². The van der Waals surface area contributed by atoms with Crippen molar-refractivity contribution in [2.45, 2.75) is 24.9 Å². The molecule has 1 aliphatic heterocycles. The van der Waals surface area contributed by atoms with E-state index in [1.165, 1.54) is 6.42 Å². The number of rotatable bonds is 2. The van der Waals surface area contributed by atoms with Gasteiger partial charge in [-0.1, -0.05) is 22.0 Å². The quantitative estimate of drug-likeness (QED) is 0.872. The summed E-state index contributed by atoms with van der Waals surface area (Å²) >= 11 is 3.39. The van der Waals surface area contributed by atoms with E-state index in [4.69, 9.17) is 0 Å². The van der Waals surface area contributed by atoms with Crippen LogP contribution in [-0.4, -0.2) is 18.0 Å². The molecule has 2 aliphatic rings. The monoisotopic (exact) mass is 280 g/mol. The number of carbonyl (C=O) groups is 1. The normalized spacial score (nSPS) is 30.9. The summed E-state index contributed by atoms with van der Waals surface area (Å²) in [5.74, 6) is 0.837. The second-order valence-corrected chi connectivity index (χ2v) is 5.47. The van der Waals surface area contributed by atoms with E-state index in [-0.39, 0.29) is 11.9 Å². The van der Waals surface area contributed by atoms with Crippen LogP contribution in [0.4, 0.5) is 5.69 Å². The van der Waals surface area contributed by atoms with Crippen LogP contribution in [0, 0.1) is 5.92 Å². The number of benzene rings is 1. The molecule has 3 unspecified atom stereocenters. The molecule has 0 radical (unpaired) electrons. The van der Waals surface area contributed by atoms with Gasteiger partial charge in [-0.15, -0.1) is 0 Å². The molecular weight excluding hydrogens is 268 g/mol. The number of hydrogen-bond acceptors (Lipinski definition) is 2. The first-order valence-corrected chi connectivity index (χ1v) is 6.34. The third-order valence-corrected chi connectivity index (χ3v) is 3.78. The van der Waals surface area contributed by atoms with Crippen molar-refractivity contribution in [1.82, 2.24) is 5.32 Å². The topological polar surface area (TPSA) is 41.1 Å². The molecule has 1 aliphatic carbocycles. The summed E-state index contributed by atoms with van der Waals surface area (Å²) in [5.41, 5.74) is 0.849. The van der Waals surface area contributed by atoms with Gasteiger partial charge in [0.2, 0.25) is 5.91 Å². The van der Waals surface area contributed by atoms with Gasteiger partial charge in [-0.3, -0.25) is 4.79 Å². The van der Waals surface area contributed by atoms with E-state index in [2.05, 4.69) is 26.6 Å². The molecule has 84 valence electrons. The Labute approximate surface area is 103 Å². The fourth-order valence-corrected chi connectivity index (χ4v) is 2.72. The SMILES string of the molecule is O=C(Nc1cccc(Br)c1)C1CC2CC2N1. The third-order valence-electron chi connectivity index (χ3n) is 3.28. The molecule has 3 rings (SSSR count). The summed E-state index contributed by atoms with van der Waals surface area (Å²) in [6, 6.07) is 8.28. The minimum absolute atomic E-state index is 0.00253. The third kappa shape index (κ3) is 1.99. The molecular formula is C12H13BrN2O. The molecule has 2 N–H and O–H groups in total. The van der Waals surface area contributed by atoms with Gasteiger partial charge in [0.05, 0.1) is 6.04 Å². The average molecular weight is 281 g/mol. The van der Waals surface area contributed by atoms with Crippen LogP contribution >= 0.6 is 15.9 Å². The summed E-state index contributed by atoms with van der Waals surface area (Å²) in [4.78, 5) is 11.9. The molecule has 1 aromatic rings. The van der Waals surface area contributed by atoms with Crippen LogP contribution < -0.4 is 10.6 Å². The number of anilines is 1. The minimum Gasteiger partial charge on any atom is -0.325 e. The fourth-order valence-electron chi connectivity index (χ4n) is 2.32. The Morgan fingerprint density at radius 1 is 1.44 bits per heavy atom. The maximum Gasteiger partial charge on any atom is 0.241 e. The molecule has 1 heterocycles. The Bertz CT molecular complexity index is 425. The van der Waals surface area contributed by atoms with Crippen LogP contribution in [0.2, 0.25) is 0 Å². The van der Waals surface area contributed by atoms with Crippen LogP contribution in [0.3, 0.4) is 0 Å². The van der Waals surface area contributed by atoms with Gasteiger partial charge in [0.1, 0.15) is 0 Å². The van der Waals surface area contributed by atoms with Crippen molar-refractivity contribution in [3.05, 3.63) is 28.7 Å². The predicted octanol–water partition coefficient (Wildman–Crippen LogP) is 2.14. The summed E-state index contributed by atoms with van der Waals surface area (Å²) in [5, 5.41) is 6.27. The van der Waals surface area contributed by atoms with Gasteiger partial charge in [-0.2, -0.15) is 0 Å². The number of hydrogen-bond donors (Lipinski definition) is 2. The first kappa shape index (κ1) is 10.3. The van der Waals surface area contributed by atoms with E-state index in [0.717, 1.165) is 22.5 Å². The second-order valence-electron chi connectivity index (χ2n) is 4.56. The minimum atomic E-state index is 0.00253. The average Bonchev–Trinajstić information content (AvgIpc) is 2.86. The van der Waals surface area contributed by atoms with E-state index in [0.29, 0.717) is 6.04 Å². The molecule has 0 spiro atoms. The van der Waals surface area contributed by atoms with Crippen molar-refractivity contribution < 1.29 is 4.79 Å². The number of piperidine rings is 1. The van der Waals surface area contributed by atoms with E-state index in [9.17, 15) is 4.79 Å². The smallest absolute Gasteiger partial charge is 0.241 e. The molecule has 4 heteroatoms. The maximum absolute atomic E-state index is 11.9. The van der Waals surface area contributed by atoms with Crippen molar-refractivity contribution in [3.8, 4) is 0 Å². The lowest BCUT2D eigenvalue weighted by Gasteiger charge is -2.13. The lowest BCUT2D eigenvalue weighted by Crippen LogP contribution is -2.37. The molecule has 3 atom stereocenters. The first-order valence-electron chi connectivity index (χ1n) is 5.55. The Morgan fingerprint density at radius 3 is 3.00 bits per heavy atom. The zero-order chi connectivity index (χ0) is 11.1. The molecule has 1 amide bonds. The highest BCUT2D eigenvalue weighted by Gasteiger charge is 2.47. The Kier molecular flexibility index (Phi) is 2.48. The van der Waals surface area contributed by atoms with Crippen molar-refractivity contribution in [3.63, 3.8) is 0 Å². The predicted molar refractivity (Wildman–Crippen MR) is 66.2 cm³/mol. The molecule has 1 saturated heterocycles. The maximum atomic E-state index is 11.9. The van der Waals surface area contributed by atoms with E-state index >= 15 is 0 Å². The van der Waals surface area contributed by atoms with E-state index in [1.54, 1.807) is 0 Å². The van der Waals surface area contributed by atoms with Crippen molar-refractivity contribution in [2.75, 3.05) is 5.32 Å². The number of amides is 1. The first-order chi connectivity index (χ1) is 7.72. The molecule has 1 saturated carbocycles. The van der Waals surface area contributed by atoms with Crippen LogP contribution in [0.25, 0.3) is 0 Å². The zero-order valence-corrected chi connectivity index (χ0v) is 10.3. The van der Waals surface area contributed by atoms with Gasteiger partial charge in [-0.25, -0.2) is 0 Å². The molecule has 1 aromatic carbocycles. The summed E-state index contributed by atoms with van der Waals surface area (Å²) < 4.78 is 0.979. The number of nitrogens with one attached hydrogen (secondary N) is 2. The Morgan fingerprint density at radius 2 is 2.31 bits per heavy atom. The van der Waals surface area contributed by atoms with Gasteiger partial charge in [0.15, 0.2) is 0 Å². The van der Waals surface area contributed by atoms with Crippen molar-refractivity contribution in [2.24, 2.45) is 5.92 Å². The highest BCUT2D eigenvalue weighted by molar-refractivity contribution is 9.10. The Balaban J connectivity index is 1.64. The van der Waals surface area contributed by atoms with Crippen LogP contribution in [0.1, 0.15) is 12.8 Å². The molecule has 0 aromatic heterocycles. The second kappa shape index (κ2) is 3.86. The van der Waals surface area contributed by atoms with Gasteiger partial charge < -0.3 is 10.6 Å². The van der Waals surface area contributed by atoms with Crippen molar-refractivity contribution >= 4 is 27.5 Å². The summed E-state index contributed by atoms with van der Waals surface area (Å²) in [6.07, 6.45) is 2.24. The largest absolute Gasteiger partial charge is 0.325 e. The molecule has 16 heavy (non-hydrogen) atoms. The highest BCUT2D eigenvalue weighted by atomic mass is 79.9. The van der Waals surface area contributed by atoms with Crippen LogP contribution in [0.15, 0.2) is 28.7 Å². The molecule has 2 fully saturated rings. The van der Waals surface area contributed by atoms with Gasteiger partial charge in [0.25, 0.3) is 0 Å². The van der Waals surface area contributed by atoms with Gasteiger partial charge in [-0.05, 0) is 37.0 Å². The van der Waals surface area contributed by atoms with Gasteiger partial charge in [0, 0.05) is 16.2 Å². The van der Waals surface area contributed by atoms with Crippen LogP contribution in [-0.2, 0) is 4.79 Å². The number of fused-ring (bicyclic) bond motifs is 1. The van der Waals surface area contributed by atoms with Crippen LogP contribution in [0.5, 0.6) is 0 Å². The summed E-state index contributed by atoms with van der Waals surface area (Å²) in [7, 11) is 0. The lowest BCUT2D eigenvalue weighted by molar-refractivity contribution is -0.118. The molecule has 0 bridgehead atoms. The van der Waals surface area contributed by atoms with Crippen molar-refractivity contribution in [1.29, 1.82) is 0 Å². The van der Waals surface area contributed by atoms with E-state index in [1.807, 2.05) is 24.3 Å². The zero-order valence-electron chi connectivity index (χ0n) is 8.74. The highest BCUT2D eigenvalue weighted by Crippen LogP contribution is 2.40. The number of carbonyl (C=O) groups excluding carboxylic acids is 1. The van der Waals surface area contributed by atoms with Gasteiger partial charge >= 0.3 is 0 Å². The fraction of sp³-hybridized carbons (Fsp3) is 0.417.